The van der Waals surface area contributed by atoms with E-state index in [-0.39, 0.29) is 12.6 Å². The fraction of sp³-hybridized carbons (Fsp3) is 0.333. The molecule has 0 aliphatic carbocycles. The van der Waals surface area contributed by atoms with E-state index in [0.717, 1.165) is 5.56 Å². The Labute approximate surface area is 106 Å². The molecular formula is C15H16O3. The van der Waals surface area contributed by atoms with E-state index >= 15 is 0 Å². The largest absolute Gasteiger partial charge is 0.350 e. The first kappa shape index (κ1) is 11.7. The Morgan fingerprint density at radius 2 is 2.00 bits per heavy atom. The molecule has 0 radical (unpaired) electrons. The van der Waals surface area contributed by atoms with Gasteiger partial charge in [-0.25, -0.2) is 0 Å². The highest BCUT2D eigenvalue weighted by Gasteiger charge is 2.28. The number of hydrogen-bond acceptors (Lipinski definition) is 3. The van der Waals surface area contributed by atoms with Crippen LogP contribution in [0.2, 0.25) is 0 Å². The SMILES string of the molecule is CCOC1COC(c2cccc3ccccc23)O1. The third kappa shape index (κ3) is 2.12. The average molecular weight is 244 g/mol. The minimum atomic E-state index is -0.326. The van der Waals surface area contributed by atoms with Crippen LogP contribution in [0.5, 0.6) is 0 Å². The molecule has 0 bridgehead atoms. The molecule has 2 atom stereocenters. The second-order valence-corrected chi connectivity index (χ2v) is 4.25. The number of fused-ring (bicyclic) bond motifs is 1. The smallest absolute Gasteiger partial charge is 0.187 e. The lowest BCUT2D eigenvalue weighted by Gasteiger charge is -2.13. The molecule has 0 spiro atoms. The molecule has 0 amide bonds. The van der Waals surface area contributed by atoms with Crippen molar-refractivity contribution < 1.29 is 14.2 Å². The summed E-state index contributed by atoms with van der Waals surface area (Å²) in [6.07, 6.45) is -0.577. The summed E-state index contributed by atoms with van der Waals surface area (Å²) >= 11 is 0. The summed E-state index contributed by atoms with van der Waals surface area (Å²) < 4.78 is 16.8. The molecule has 0 saturated carbocycles. The number of hydrogen-bond donors (Lipinski definition) is 0. The van der Waals surface area contributed by atoms with Crippen LogP contribution in [-0.2, 0) is 14.2 Å². The second kappa shape index (κ2) is 5.06. The molecule has 0 N–H and O–H groups in total. The molecule has 2 aromatic carbocycles. The zero-order chi connectivity index (χ0) is 12.4. The topological polar surface area (TPSA) is 27.7 Å². The van der Waals surface area contributed by atoms with Crippen molar-refractivity contribution in [2.45, 2.75) is 19.5 Å². The molecule has 3 rings (SSSR count). The lowest BCUT2D eigenvalue weighted by Crippen LogP contribution is -2.14. The molecule has 1 fully saturated rings. The van der Waals surface area contributed by atoms with Crippen LogP contribution < -0.4 is 0 Å². The van der Waals surface area contributed by atoms with Gasteiger partial charge in [-0.05, 0) is 17.7 Å². The summed E-state index contributed by atoms with van der Waals surface area (Å²) in [5.41, 5.74) is 1.07. The van der Waals surface area contributed by atoms with Gasteiger partial charge >= 0.3 is 0 Å². The van der Waals surface area contributed by atoms with Crippen molar-refractivity contribution in [2.24, 2.45) is 0 Å². The van der Waals surface area contributed by atoms with Gasteiger partial charge in [-0.2, -0.15) is 0 Å². The van der Waals surface area contributed by atoms with Crippen LogP contribution >= 0.6 is 0 Å². The van der Waals surface area contributed by atoms with Crippen molar-refractivity contribution >= 4 is 10.8 Å². The Balaban J connectivity index is 1.91. The maximum absolute atomic E-state index is 5.75. The van der Waals surface area contributed by atoms with Gasteiger partial charge in [0.1, 0.15) is 6.61 Å². The summed E-state index contributed by atoms with van der Waals surface area (Å²) in [7, 11) is 0. The highest BCUT2D eigenvalue weighted by atomic mass is 16.8. The van der Waals surface area contributed by atoms with Crippen molar-refractivity contribution in [3.63, 3.8) is 0 Å². The molecule has 1 heterocycles. The first-order valence-electron chi connectivity index (χ1n) is 6.25. The molecule has 0 aromatic heterocycles. The van der Waals surface area contributed by atoms with E-state index in [0.29, 0.717) is 13.2 Å². The normalized spacial score (nSPS) is 23.6. The molecule has 3 heteroatoms. The van der Waals surface area contributed by atoms with Crippen molar-refractivity contribution in [3.05, 3.63) is 48.0 Å². The van der Waals surface area contributed by atoms with Gasteiger partial charge < -0.3 is 14.2 Å². The van der Waals surface area contributed by atoms with Crippen LogP contribution in [0.3, 0.4) is 0 Å². The van der Waals surface area contributed by atoms with Crippen molar-refractivity contribution in [3.8, 4) is 0 Å². The maximum atomic E-state index is 5.75. The zero-order valence-electron chi connectivity index (χ0n) is 10.3. The molecular weight excluding hydrogens is 228 g/mol. The summed E-state index contributed by atoms with van der Waals surface area (Å²) in [6.45, 7) is 3.08. The Hall–Kier alpha value is -1.42. The summed E-state index contributed by atoms with van der Waals surface area (Å²) in [5.74, 6) is 0. The van der Waals surface area contributed by atoms with E-state index in [1.807, 2.05) is 31.2 Å². The van der Waals surface area contributed by atoms with E-state index in [9.17, 15) is 0 Å². The molecule has 18 heavy (non-hydrogen) atoms. The third-order valence-electron chi connectivity index (χ3n) is 3.09. The molecule has 2 aromatic rings. The Kier molecular flexibility index (Phi) is 3.28. The van der Waals surface area contributed by atoms with E-state index in [2.05, 4.69) is 18.2 Å². The Bertz CT molecular complexity index is 533. The van der Waals surface area contributed by atoms with Crippen LogP contribution in [0.15, 0.2) is 42.5 Å². The van der Waals surface area contributed by atoms with Crippen molar-refractivity contribution in [1.82, 2.24) is 0 Å². The van der Waals surface area contributed by atoms with Gasteiger partial charge in [0.25, 0.3) is 0 Å². The summed E-state index contributed by atoms with van der Waals surface area (Å²) in [4.78, 5) is 0. The first-order valence-corrected chi connectivity index (χ1v) is 6.25. The van der Waals surface area contributed by atoms with Crippen LogP contribution in [-0.4, -0.2) is 19.5 Å². The van der Waals surface area contributed by atoms with Gasteiger partial charge in [0.2, 0.25) is 0 Å². The number of ether oxygens (including phenoxy) is 3. The predicted octanol–water partition coefficient (Wildman–Crippen LogP) is 3.25. The lowest BCUT2D eigenvalue weighted by atomic mass is 10.0. The first-order chi connectivity index (χ1) is 8.88. The predicted molar refractivity (Wildman–Crippen MR) is 69.1 cm³/mol. The molecule has 1 aliphatic heterocycles. The van der Waals surface area contributed by atoms with E-state index in [1.165, 1.54) is 10.8 Å². The van der Waals surface area contributed by atoms with Gasteiger partial charge in [0.15, 0.2) is 12.6 Å². The molecule has 2 unspecified atom stereocenters. The standard InChI is InChI=1S/C15H16O3/c1-2-16-14-10-17-15(18-14)13-9-5-7-11-6-3-4-8-12(11)13/h3-9,14-15H,2,10H2,1H3. The van der Waals surface area contributed by atoms with E-state index in [1.54, 1.807) is 0 Å². The second-order valence-electron chi connectivity index (χ2n) is 4.25. The maximum Gasteiger partial charge on any atom is 0.187 e. The highest BCUT2D eigenvalue weighted by Crippen LogP contribution is 2.32. The van der Waals surface area contributed by atoms with Gasteiger partial charge in [-0.15, -0.1) is 0 Å². The molecule has 1 aliphatic rings. The van der Waals surface area contributed by atoms with E-state index < -0.39 is 0 Å². The summed E-state index contributed by atoms with van der Waals surface area (Å²) in [6, 6.07) is 14.4. The number of benzene rings is 2. The molecule has 3 nitrogen and oxygen atoms in total. The quantitative estimate of drug-likeness (QED) is 0.829. The minimum Gasteiger partial charge on any atom is -0.350 e. The van der Waals surface area contributed by atoms with Gasteiger partial charge in [-0.1, -0.05) is 42.5 Å². The van der Waals surface area contributed by atoms with Crippen LogP contribution in [0.1, 0.15) is 18.8 Å². The third-order valence-corrected chi connectivity index (χ3v) is 3.09. The highest BCUT2D eigenvalue weighted by molar-refractivity contribution is 5.85. The minimum absolute atomic E-state index is 0.251. The molecule has 94 valence electrons. The molecule has 1 saturated heterocycles. The van der Waals surface area contributed by atoms with Crippen LogP contribution in [0, 0.1) is 0 Å². The Morgan fingerprint density at radius 3 is 2.89 bits per heavy atom. The summed E-state index contributed by atoms with van der Waals surface area (Å²) in [5, 5.41) is 2.37. The Morgan fingerprint density at radius 1 is 1.17 bits per heavy atom. The van der Waals surface area contributed by atoms with E-state index in [4.69, 9.17) is 14.2 Å². The monoisotopic (exact) mass is 244 g/mol. The average Bonchev–Trinajstić information content (AvgIpc) is 2.87. The lowest BCUT2D eigenvalue weighted by molar-refractivity contribution is -0.142. The zero-order valence-corrected chi connectivity index (χ0v) is 10.3. The van der Waals surface area contributed by atoms with Crippen LogP contribution in [0.25, 0.3) is 10.8 Å². The van der Waals surface area contributed by atoms with Gasteiger partial charge in [0, 0.05) is 12.2 Å². The van der Waals surface area contributed by atoms with Gasteiger partial charge in [0.05, 0.1) is 0 Å². The fourth-order valence-electron chi connectivity index (χ4n) is 2.27. The van der Waals surface area contributed by atoms with Crippen molar-refractivity contribution in [2.75, 3.05) is 13.2 Å². The fourth-order valence-corrected chi connectivity index (χ4v) is 2.27. The van der Waals surface area contributed by atoms with Crippen molar-refractivity contribution in [1.29, 1.82) is 0 Å². The van der Waals surface area contributed by atoms with Crippen LogP contribution in [0.4, 0.5) is 0 Å². The number of rotatable bonds is 3. The van der Waals surface area contributed by atoms with Gasteiger partial charge in [-0.3, -0.25) is 0 Å².